The number of esters is 2. The number of benzene rings is 2. The van der Waals surface area contributed by atoms with Gasteiger partial charge in [-0.05, 0) is 61.4 Å². The lowest BCUT2D eigenvalue weighted by Gasteiger charge is -2.07. The number of nitrogens with zero attached hydrogens (tertiary/aromatic N) is 2. The molecular weight excluding hydrogens is 500 g/mol. The first-order chi connectivity index (χ1) is 18.4. The molecule has 12 nitrogen and oxygen atoms in total. The van der Waals surface area contributed by atoms with Gasteiger partial charge in [-0.1, -0.05) is 0 Å². The van der Waals surface area contributed by atoms with E-state index in [-0.39, 0.29) is 25.2 Å². The summed E-state index contributed by atoms with van der Waals surface area (Å²) in [6, 6.07) is 12.1. The average Bonchev–Trinajstić information content (AvgIpc) is 2.92. The molecule has 0 radical (unpaired) electrons. The van der Waals surface area contributed by atoms with Crippen LogP contribution in [0.25, 0.3) is 0 Å². The van der Waals surface area contributed by atoms with Crippen molar-refractivity contribution >= 4 is 47.0 Å². The van der Waals surface area contributed by atoms with Crippen molar-refractivity contribution in [1.82, 2.24) is 0 Å². The first kappa shape index (κ1) is 29.3. The zero-order valence-corrected chi connectivity index (χ0v) is 20.3. The summed E-state index contributed by atoms with van der Waals surface area (Å²) < 4.78 is 20.2. The number of hydrogen-bond acceptors (Lipinski definition) is 12. The normalized spacial score (nSPS) is 9.79. The summed E-state index contributed by atoms with van der Waals surface area (Å²) in [4.78, 5) is 74.4. The summed E-state index contributed by atoms with van der Waals surface area (Å²) in [5.41, 5.74) is 0.785. The Labute approximate surface area is 217 Å². The highest BCUT2D eigenvalue weighted by molar-refractivity contribution is 5.84. The van der Waals surface area contributed by atoms with E-state index in [9.17, 15) is 28.8 Å². The molecule has 0 amide bonds. The van der Waals surface area contributed by atoms with E-state index in [0.717, 1.165) is 0 Å². The molecule has 2 aromatic carbocycles. The van der Waals surface area contributed by atoms with Crippen molar-refractivity contribution in [1.29, 1.82) is 0 Å². The number of ether oxygens (including phenoxy) is 4. The number of aliphatic imine (C=N–C) groups is 2. The third kappa shape index (κ3) is 12.2. The molecule has 0 aliphatic carbocycles. The van der Waals surface area contributed by atoms with Crippen molar-refractivity contribution in [2.45, 2.75) is 25.7 Å². The van der Waals surface area contributed by atoms with Crippen LogP contribution in [0.3, 0.4) is 0 Å². The first-order valence-electron chi connectivity index (χ1n) is 11.4. The standard InChI is InChI=1S/C26H24N2O10/c29-17-27-19-5-9-23(10-6-19)35-14-22(32)15-37-25(33)4-2-1-3-21(31)13-38-26(34)16-36-24-11-7-20(8-12-24)28-18-30/h5-12H,1-4,13-16H2. The van der Waals surface area contributed by atoms with Gasteiger partial charge in [-0.2, -0.15) is 9.98 Å². The van der Waals surface area contributed by atoms with Gasteiger partial charge in [0.1, 0.15) is 24.7 Å². The van der Waals surface area contributed by atoms with E-state index in [1.54, 1.807) is 0 Å². The van der Waals surface area contributed by atoms with Crippen molar-refractivity contribution < 1.29 is 47.7 Å². The minimum absolute atomic E-state index is 0.0186. The summed E-state index contributed by atoms with van der Waals surface area (Å²) in [5, 5.41) is 0. The van der Waals surface area contributed by atoms with E-state index in [0.29, 0.717) is 35.7 Å². The number of hydrogen-bond donors (Lipinski definition) is 0. The Balaban J connectivity index is 1.51. The second-order valence-corrected chi connectivity index (χ2v) is 7.58. The fraction of sp³-hybridized carbons (Fsp3) is 0.308. The van der Waals surface area contributed by atoms with Crippen LogP contribution < -0.4 is 9.47 Å². The highest BCUT2D eigenvalue weighted by Gasteiger charge is 2.11. The zero-order chi connectivity index (χ0) is 27.6. The predicted octanol–water partition coefficient (Wildman–Crippen LogP) is 2.86. The Morgan fingerprint density at radius 1 is 0.579 bits per heavy atom. The molecule has 0 atom stereocenters. The molecule has 0 heterocycles. The van der Waals surface area contributed by atoms with E-state index < -0.39 is 37.5 Å². The molecular formula is C26H24N2O10. The molecule has 0 aliphatic rings. The molecule has 0 N–H and O–H groups in total. The van der Waals surface area contributed by atoms with Crippen LogP contribution >= 0.6 is 0 Å². The number of Topliss-reactive ketones (excluding diaryl/α,β-unsaturated/α-hetero) is 2. The van der Waals surface area contributed by atoms with Crippen LogP contribution in [0, 0.1) is 0 Å². The maximum Gasteiger partial charge on any atom is 0.344 e. The minimum atomic E-state index is -0.727. The quantitative estimate of drug-likeness (QED) is 0.130. The highest BCUT2D eigenvalue weighted by Crippen LogP contribution is 2.18. The van der Waals surface area contributed by atoms with E-state index >= 15 is 0 Å². The Bertz CT molecular complexity index is 1100. The van der Waals surface area contributed by atoms with Crippen LogP contribution in [0.4, 0.5) is 11.4 Å². The molecule has 0 unspecified atom stereocenters. The van der Waals surface area contributed by atoms with Gasteiger partial charge in [-0.3, -0.25) is 14.4 Å². The van der Waals surface area contributed by atoms with Crippen molar-refractivity contribution in [2.75, 3.05) is 26.4 Å². The lowest BCUT2D eigenvalue weighted by Crippen LogP contribution is -2.20. The van der Waals surface area contributed by atoms with Crippen LogP contribution in [0.15, 0.2) is 58.5 Å². The molecule has 198 valence electrons. The molecule has 2 aromatic rings. The van der Waals surface area contributed by atoms with Gasteiger partial charge in [0.05, 0.1) is 11.4 Å². The molecule has 0 saturated heterocycles. The Morgan fingerprint density at radius 2 is 1.05 bits per heavy atom. The molecule has 0 saturated carbocycles. The lowest BCUT2D eigenvalue weighted by molar-refractivity contribution is -0.150. The van der Waals surface area contributed by atoms with E-state index in [2.05, 4.69) is 9.98 Å². The van der Waals surface area contributed by atoms with Crippen molar-refractivity contribution in [3.8, 4) is 11.5 Å². The van der Waals surface area contributed by atoms with Gasteiger partial charge in [0.2, 0.25) is 17.9 Å². The van der Waals surface area contributed by atoms with Crippen molar-refractivity contribution in [3.63, 3.8) is 0 Å². The number of unbranched alkanes of at least 4 members (excludes halogenated alkanes) is 1. The van der Waals surface area contributed by atoms with E-state index in [1.165, 1.54) is 60.7 Å². The lowest BCUT2D eigenvalue weighted by atomic mass is 10.1. The van der Waals surface area contributed by atoms with Gasteiger partial charge in [0, 0.05) is 12.8 Å². The van der Waals surface area contributed by atoms with Gasteiger partial charge in [0.15, 0.2) is 19.0 Å². The molecule has 0 aliphatic heterocycles. The van der Waals surface area contributed by atoms with Crippen LogP contribution in [0.1, 0.15) is 25.7 Å². The Hall–Kier alpha value is -4.92. The summed E-state index contributed by atoms with van der Waals surface area (Å²) in [5.74, 6) is -1.34. The van der Waals surface area contributed by atoms with Gasteiger partial charge in [0.25, 0.3) is 0 Å². The second kappa shape index (κ2) is 16.7. The first-order valence-corrected chi connectivity index (χ1v) is 11.4. The summed E-state index contributed by atoms with van der Waals surface area (Å²) >= 11 is 0. The number of ketones is 2. The van der Waals surface area contributed by atoms with Crippen molar-refractivity contribution in [3.05, 3.63) is 48.5 Å². The number of carbonyl (C=O) groups is 4. The summed E-state index contributed by atoms with van der Waals surface area (Å²) in [6.45, 7) is -1.56. The van der Waals surface area contributed by atoms with Crippen molar-refractivity contribution in [2.24, 2.45) is 9.98 Å². The fourth-order valence-corrected chi connectivity index (χ4v) is 2.79. The molecule has 0 bridgehead atoms. The fourth-order valence-electron chi connectivity index (χ4n) is 2.79. The molecule has 0 aromatic heterocycles. The van der Waals surface area contributed by atoms with E-state index in [4.69, 9.17) is 18.9 Å². The average molecular weight is 524 g/mol. The zero-order valence-electron chi connectivity index (χ0n) is 20.3. The topological polar surface area (TPSA) is 164 Å². The smallest absolute Gasteiger partial charge is 0.344 e. The minimum Gasteiger partial charge on any atom is -0.486 e. The molecule has 0 fully saturated rings. The molecule has 38 heavy (non-hydrogen) atoms. The largest absolute Gasteiger partial charge is 0.486 e. The maximum absolute atomic E-state index is 11.9. The summed E-state index contributed by atoms with van der Waals surface area (Å²) in [7, 11) is 0. The Kier molecular flexibility index (Phi) is 12.9. The molecule has 2 rings (SSSR count). The molecule has 12 heteroatoms. The molecule has 0 spiro atoms. The number of carbonyl (C=O) groups excluding carboxylic acids is 6. The SMILES string of the molecule is O=C=Nc1ccc(OCC(=O)COC(=O)CCCCC(=O)COC(=O)COc2ccc(N=C=O)cc2)cc1. The summed E-state index contributed by atoms with van der Waals surface area (Å²) in [6.07, 6.45) is 3.66. The highest BCUT2D eigenvalue weighted by atomic mass is 16.6. The van der Waals surface area contributed by atoms with Gasteiger partial charge >= 0.3 is 11.9 Å². The van der Waals surface area contributed by atoms with Gasteiger partial charge in [-0.25, -0.2) is 14.4 Å². The van der Waals surface area contributed by atoms with Crippen LogP contribution in [0.5, 0.6) is 11.5 Å². The third-order valence-corrected chi connectivity index (χ3v) is 4.65. The maximum atomic E-state index is 11.9. The predicted molar refractivity (Wildman–Crippen MR) is 130 cm³/mol. The third-order valence-electron chi connectivity index (χ3n) is 4.65. The van der Waals surface area contributed by atoms with Crippen LogP contribution in [0.2, 0.25) is 0 Å². The monoisotopic (exact) mass is 524 g/mol. The number of isocyanates is 2. The van der Waals surface area contributed by atoms with Gasteiger partial charge in [-0.15, -0.1) is 0 Å². The second-order valence-electron chi connectivity index (χ2n) is 7.58. The van der Waals surface area contributed by atoms with E-state index in [1.807, 2.05) is 0 Å². The van der Waals surface area contributed by atoms with Gasteiger partial charge < -0.3 is 18.9 Å². The Morgan fingerprint density at radius 3 is 1.61 bits per heavy atom. The van der Waals surface area contributed by atoms with Crippen LogP contribution in [-0.4, -0.2) is 62.1 Å². The van der Waals surface area contributed by atoms with Crippen LogP contribution in [-0.2, 0) is 38.2 Å². The number of rotatable bonds is 17.